The van der Waals surface area contributed by atoms with Crippen molar-refractivity contribution in [3.63, 3.8) is 0 Å². The van der Waals surface area contributed by atoms with Crippen LogP contribution in [-0.4, -0.2) is 6.04 Å². The highest BCUT2D eigenvalue weighted by Gasteiger charge is 2.40. The Bertz CT molecular complexity index is 292. The molecule has 0 aromatic heterocycles. The summed E-state index contributed by atoms with van der Waals surface area (Å²) in [5.74, 6) is 4.30. The summed E-state index contributed by atoms with van der Waals surface area (Å²) in [7, 11) is 0. The molecule has 0 amide bonds. The van der Waals surface area contributed by atoms with E-state index in [1.54, 1.807) is 25.7 Å². The van der Waals surface area contributed by atoms with Crippen molar-refractivity contribution in [1.29, 1.82) is 0 Å². The normalized spacial score (nSPS) is 40.4. The molecule has 3 aliphatic carbocycles. The zero-order valence-corrected chi connectivity index (χ0v) is 14.1. The summed E-state index contributed by atoms with van der Waals surface area (Å²) >= 11 is 0. The molecular formula is C20H37N. The van der Waals surface area contributed by atoms with Gasteiger partial charge in [0, 0.05) is 6.04 Å². The first-order chi connectivity index (χ1) is 10.3. The summed E-state index contributed by atoms with van der Waals surface area (Å²) in [4.78, 5) is 0. The van der Waals surface area contributed by atoms with E-state index in [1.807, 2.05) is 0 Å². The van der Waals surface area contributed by atoms with Crippen LogP contribution in [0.1, 0.15) is 96.3 Å². The molecule has 4 atom stereocenters. The van der Waals surface area contributed by atoms with E-state index in [2.05, 4.69) is 0 Å². The standard InChI is InChI=1S/C20H37N/c21-18-11-7-3-6-10-17(12-13-18)20-15-14-19(20)16-8-4-1-2-5-9-16/h16-20H,1-15,21H2. The second kappa shape index (κ2) is 7.99. The quantitative estimate of drug-likeness (QED) is 0.652. The van der Waals surface area contributed by atoms with Crippen molar-refractivity contribution in [3.05, 3.63) is 0 Å². The summed E-state index contributed by atoms with van der Waals surface area (Å²) in [6.45, 7) is 0. The lowest BCUT2D eigenvalue weighted by Crippen LogP contribution is -2.38. The van der Waals surface area contributed by atoms with Gasteiger partial charge in [-0.25, -0.2) is 0 Å². The van der Waals surface area contributed by atoms with Crippen LogP contribution in [0.3, 0.4) is 0 Å². The molecule has 1 heteroatoms. The molecule has 2 N–H and O–H groups in total. The van der Waals surface area contributed by atoms with Gasteiger partial charge >= 0.3 is 0 Å². The minimum Gasteiger partial charge on any atom is -0.328 e. The van der Waals surface area contributed by atoms with Crippen LogP contribution in [0.4, 0.5) is 0 Å². The monoisotopic (exact) mass is 291 g/mol. The van der Waals surface area contributed by atoms with Crippen LogP contribution in [0.25, 0.3) is 0 Å². The maximum Gasteiger partial charge on any atom is 0.00389 e. The van der Waals surface area contributed by atoms with E-state index in [9.17, 15) is 0 Å². The molecule has 3 saturated carbocycles. The van der Waals surface area contributed by atoms with Gasteiger partial charge in [0.05, 0.1) is 0 Å². The van der Waals surface area contributed by atoms with Crippen LogP contribution in [-0.2, 0) is 0 Å². The summed E-state index contributed by atoms with van der Waals surface area (Å²) < 4.78 is 0. The second-order valence-corrected chi connectivity index (χ2v) is 8.39. The minimum atomic E-state index is 0.502. The average Bonchev–Trinajstić information content (AvgIpc) is 2.66. The number of hydrogen-bond acceptors (Lipinski definition) is 1. The highest BCUT2D eigenvalue weighted by molar-refractivity contribution is 4.91. The molecule has 0 aromatic rings. The lowest BCUT2D eigenvalue weighted by Gasteiger charge is -2.46. The molecule has 0 bridgehead atoms. The van der Waals surface area contributed by atoms with Crippen LogP contribution in [0.5, 0.6) is 0 Å². The zero-order valence-electron chi connectivity index (χ0n) is 14.1. The molecule has 3 aliphatic rings. The van der Waals surface area contributed by atoms with Gasteiger partial charge in [0.15, 0.2) is 0 Å². The summed E-state index contributed by atoms with van der Waals surface area (Å²) in [6, 6.07) is 0.502. The van der Waals surface area contributed by atoms with Crippen LogP contribution in [0.2, 0.25) is 0 Å². The van der Waals surface area contributed by atoms with Gasteiger partial charge in [0.1, 0.15) is 0 Å². The summed E-state index contributed by atoms with van der Waals surface area (Å²) in [5.41, 5.74) is 6.29. The van der Waals surface area contributed by atoms with Crippen LogP contribution < -0.4 is 5.73 Å². The Morgan fingerprint density at radius 2 is 0.905 bits per heavy atom. The highest BCUT2D eigenvalue weighted by Crippen LogP contribution is 2.50. The molecule has 0 aliphatic heterocycles. The third-order valence-electron chi connectivity index (χ3n) is 7.05. The Balaban J connectivity index is 1.56. The lowest BCUT2D eigenvalue weighted by molar-refractivity contribution is 0.0355. The van der Waals surface area contributed by atoms with Crippen LogP contribution >= 0.6 is 0 Å². The van der Waals surface area contributed by atoms with Crippen molar-refractivity contribution in [3.8, 4) is 0 Å². The SMILES string of the molecule is NC1CCCCCC(C2CCC2C2CCCCCC2)CC1. The molecule has 21 heavy (non-hydrogen) atoms. The number of rotatable bonds is 2. The first-order valence-electron chi connectivity index (χ1n) is 10.1. The molecule has 3 rings (SSSR count). The van der Waals surface area contributed by atoms with Gasteiger partial charge < -0.3 is 5.73 Å². The first kappa shape index (κ1) is 15.8. The maximum absolute atomic E-state index is 6.29. The van der Waals surface area contributed by atoms with E-state index < -0.39 is 0 Å². The molecule has 3 fully saturated rings. The minimum absolute atomic E-state index is 0.502. The number of hydrogen-bond donors (Lipinski definition) is 1. The average molecular weight is 292 g/mol. The van der Waals surface area contributed by atoms with Gasteiger partial charge in [-0.3, -0.25) is 0 Å². The van der Waals surface area contributed by atoms with E-state index in [4.69, 9.17) is 5.73 Å². The van der Waals surface area contributed by atoms with E-state index in [1.165, 1.54) is 70.6 Å². The lowest BCUT2D eigenvalue weighted by atomic mass is 9.59. The van der Waals surface area contributed by atoms with E-state index in [0.717, 1.165) is 23.7 Å². The van der Waals surface area contributed by atoms with Crippen molar-refractivity contribution in [2.24, 2.45) is 29.4 Å². The van der Waals surface area contributed by atoms with Gasteiger partial charge in [0.2, 0.25) is 0 Å². The van der Waals surface area contributed by atoms with Crippen molar-refractivity contribution >= 4 is 0 Å². The molecule has 0 aromatic carbocycles. The van der Waals surface area contributed by atoms with Crippen molar-refractivity contribution in [1.82, 2.24) is 0 Å². The Morgan fingerprint density at radius 3 is 1.48 bits per heavy atom. The van der Waals surface area contributed by atoms with Gasteiger partial charge in [-0.1, -0.05) is 64.2 Å². The fourth-order valence-corrected chi connectivity index (χ4v) is 5.60. The molecule has 0 spiro atoms. The molecule has 4 unspecified atom stereocenters. The Labute approximate surface area is 132 Å². The Kier molecular flexibility index (Phi) is 6.03. The largest absolute Gasteiger partial charge is 0.328 e. The molecule has 0 radical (unpaired) electrons. The van der Waals surface area contributed by atoms with Crippen LogP contribution in [0, 0.1) is 23.7 Å². The second-order valence-electron chi connectivity index (χ2n) is 8.39. The Hall–Kier alpha value is -0.0400. The van der Waals surface area contributed by atoms with E-state index in [0.29, 0.717) is 6.04 Å². The molecule has 0 heterocycles. The highest BCUT2D eigenvalue weighted by atomic mass is 14.6. The van der Waals surface area contributed by atoms with Crippen molar-refractivity contribution < 1.29 is 0 Å². The van der Waals surface area contributed by atoms with Gasteiger partial charge in [0.25, 0.3) is 0 Å². The fraction of sp³-hybridized carbons (Fsp3) is 1.00. The predicted octanol–water partition coefficient (Wildman–Crippen LogP) is 5.67. The summed E-state index contributed by atoms with van der Waals surface area (Å²) in [6.07, 6.45) is 22.1. The van der Waals surface area contributed by atoms with Crippen LogP contribution in [0.15, 0.2) is 0 Å². The third-order valence-corrected chi connectivity index (χ3v) is 7.05. The smallest absolute Gasteiger partial charge is 0.00389 e. The topological polar surface area (TPSA) is 26.0 Å². The van der Waals surface area contributed by atoms with Crippen molar-refractivity contribution in [2.45, 2.75) is 102 Å². The Morgan fingerprint density at radius 1 is 0.429 bits per heavy atom. The van der Waals surface area contributed by atoms with E-state index in [-0.39, 0.29) is 0 Å². The van der Waals surface area contributed by atoms with Gasteiger partial charge in [-0.15, -0.1) is 0 Å². The number of nitrogens with two attached hydrogens (primary N) is 1. The van der Waals surface area contributed by atoms with Crippen molar-refractivity contribution in [2.75, 3.05) is 0 Å². The molecular weight excluding hydrogens is 254 g/mol. The molecule has 0 saturated heterocycles. The van der Waals surface area contributed by atoms with E-state index >= 15 is 0 Å². The predicted molar refractivity (Wildman–Crippen MR) is 91.2 cm³/mol. The fourth-order valence-electron chi connectivity index (χ4n) is 5.60. The molecule has 122 valence electrons. The first-order valence-corrected chi connectivity index (χ1v) is 10.1. The summed E-state index contributed by atoms with van der Waals surface area (Å²) in [5, 5.41) is 0. The zero-order chi connectivity index (χ0) is 14.5. The molecule has 1 nitrogen and oxygen atoms in total. The van der Waals surface area contributed by atoms with Gasteiger partial charge in [-0.2, -0.15) is 0 Å². The van der Waals surface area contributed by atoms with Gasteiger partial charge in [-0.05, 0) is 55.8 Å². The third kappa shape index (κ3) is 4.24. The maximum atomic E-state index is 6.29.